The van der Waals surface area contributed by atoms with E-state index in [1.807, 2.05) is 0 Å². The van der Waals surface area contributed by atoms with Crippen LogP contribution in [0.15, 0.2) is 28.9 Å². The molecule has 0 amide bonds. The molecule has 0 aliphatic heterocycles. The Hall–Kier alpha value is -1.90. The van der Waals surface area contributed by atoms with E-state index in [0.717, 1.165) is 6.07 Å². The van der Waals surface area contributed by atoms with E-state index in [0.29, 0.717) is 16.5 Å². The van der Waals surface area contributed by atoms with Crippen molar-refractivity contribution in [2.45, 2.75) is 6.18 Å². The zero-order chi connectivity index (χ0) is 15.6. The van der Waals surface area contributed by atoms with Crippen LogP contribution in [-0.4, -0.2) is 17.0 Å². The monoisotopic (exact) mass is 364 g/mol. The third kappa shape index (κ3) is 3.60. The van der Waals surface area contributed by atoms with Gasteiger partial charge in [0.2, 0.25) is 5.95 Å². The quantitative estimate of drug-likeness (QED) is 0.802. The summed E-state index contributed by atoms with van der Waals surface area (Å²) in [5.74, 6) is -0.779. The summed E-state index contributed by atoms with van der Waals surface area (Å²) in [6, 6.07) is 2.63. The summed E-state index contributed by atoms with van der Waals surface area (Å²) in [6.07, 6.45) is -3.32. The number of benzene rings is 1. The molecule has 0 saturated carbocycles. The maximum Gasteiger partial charge on any atom is 0.419 e. The first-order chi connectivity index (χ1) is 9.81. The predicted octanol–water partition coefficient (Wildman–Crippen LogP) is 4.18. The molecule has 2 aromatic rings. The summed E-state index contributed by atoms with van der Waals surface area (Å²) in [4.78, 5) is 7.97. The molecule has 112 valence electrons. The Morgan fingerprint density at radius 1 is 1.24 bits per heavy atom. The van der Waals surface area contributed by atoms with Gasteiger partial charge in [0.05, 0.1) is 10.0 Å². The highest BCUT2D eigenvalue weighted by Gasteiger charge is 2.34. The van der Waals surface area contributed by atoms with Crippen LogP contribution in [-0.2, 0) is 6.18 Å². The summed E-state index contributed by atoms with van der Waals surface area (Å²) in [7, 11) is 1.60. The van der Waals surface area contributed by atoms with Crippen molar-refractivity contribution < 1.29 is 17.6 Å². The third-order valence-corrected chi connectivity index (χ3v) is 3.08. The van der Waals surface area contributed by atoms with E-state index < -0.39 is 17.6 Å². The van der Waals surface area contributed by atoms with Gasteiger partial charge >= 0.3 is 6.18 Å². The third-order valence-electron chi connectivity index (χ3n) is 2.50. The maximum absolute atomic E-state index is 13.2. The molecule has 2 N–H and O–H groups in total. The fourth-order valence-corrected chi connectivity index (χ4v) is 1.82. The lowest BCUT2D eigenvalue weighted by molar-refractivity contribution is -0.139. The number of halogens is 5. The molecule has 1 aromatic heterocycles. The Labute approximate surface area is 125 Å². The average Bonchev–Trinajstić information content (AvgIpc) is 2.42. The summed E-state index contributed by atoms with van der Waals surface area (Å²) >= 11 is 3.18. The van der Waals surface area contributed by atoms with Gasteiger partial charge in [-0.3, -0.25) is 0 Å². The first-order valence-electron chi connectivity index (χ1n) is 5.65. The zero-order valence-electron chi connectivity index (χ0n) is 10.6. The summed E-state index contributed by atoms with van der Waals surface area (Å²) in [6.45, 7) is 0. The van der Waals surface area contributed by atoms with Crippen molar-refractivity contribution in [2.24, 2.45) is 0 Å². The summed E-state index contributed by atoms with van der Waals surface area (Å²) in [5.41, 5.74) is -1.28. The summed E-state index contributed by atoms with van der Waals surface area (Å²) < 4.78 is 51.6. The Morgan fingerprint density at radius 2 is 1.95 bits per heavy atom. The van der Waals surface area contributed by atoms with E-state index in [1.165, 1.54) is 12.3 Å². The van der Waals surface area contributed by atoms with Crippen molar-refractivity contribution in [1.29, 1.82) is 0 Å². The molecule has 1 aromatic carbocycles. The van der Waals surface area contributed by atoms with Crippen molar-refractivity contribution in [1.82, 2.24) is 9.97 Å². The normalized spacial score (nSPS) is 11.3. The lowest BCUT2D eigenvalue weighted by Gasteiger charge is -2.12. The number of rotatable bonds is 3. The van der Waals surface area contributed by atoms with Crippen LogP contribution >= 0.6 is 15.9 Å². The summed E-state index contributed by atoms with van der Waals surface area (Å²) in [5, 5.41) is 5.38. The molecule has 0 atom stereocenters. The van der Waals surface area contributed by atoms with Gasteiger partial charge in [0.1, 0.15) is 11.6 Å². The molecule has 0 radical (unpaired) electrons. The van der Waals surface area contributed by atoms with Crippen molar-refractivity contribution in [2.75, 3.05) is 17.7 Å². The van der Waals surface area contributed by atoms with Gasteiger partial charge < -0.3 is 10.6 Å². The van der Waals surface area contributed by atoms with Gasteiger partial charge in [-0.1, -0.05) is 0 Å². The molecule has 0 fully saturated rings. The first-order valence-corrected chi connectivity index (χ1v) is 6.44. The molecular weight excluding hydrogens is 356 g/mol. The number of anilines is 3. The minimum atomic E-state index is -4.76. The molecule has 0 spiro atoms. The number of hydrogen-bond acceptors (Lipinski definition) is 4. The molecule has 4 nitrogen and oxygen atoms in total. The number of alkyl halides is 3. The van der Waals surface area contributed by atoms with E-state index in [9.17, 15) is 17.6 Å². The Kier molecular flexibility index (Phi) is 4.31. The van der Waals surface area contributed by atoms with Crippen LogP contribution in [0.4, 0.5) is 35.0 Å². The van der Waals surface area contributed by atoms with Crippen LogP contribution in [0.1, 0.15) is 5.56 Å². The van der Waals surface area contributed by atoms with E-state index in [4.69, 9.17) is 0 Å². The number of nitrogens with one attached hydrogen (secondary N) is 2. The second-order valence-electron chi connectivity index (χ2n) is 3.96. The standard InChI is InChI=1S/C12H9BrF4N4/c1-18-11-19-5-8(13)10(21-11)20-6-2-3-9(14)7(4-6)12(15,16)17/h2-5H,1H3,(H2,18,19,20,21). The second-order valence-corrected chi connectivity index (χ2v) is 4.81. The van der Waals surface area contributed by atoms with Gasteiger partial charge in [-0.2, -0.15) is 18.2 Å². The molecule has 0 bridgehead atoms. The van der Waals surface area contributed by atoms with Gasteiger partial charge in [-0.15, -0.1) is 0 Å². The van der Waals surface area contributed by atoms with Crippen molar-refractivity contribution in [3.8, 4) is 0 Å². The molecular formula is C12H9BrF4N4. The molecule has 2 rings (SSSR count). The fourth-order valence-electron chi connectivity index (χ4n) is 1.53. The minimum Gasteiger partial charge on any atom is -0.357 e. The highest BCUT2D eigenvalue weighted by Crippen LogP contribution is 2.34. The fraction of sp³-hybridized carbons (Fsp3) is 0.167. The van der Waals surface area contributed by atoms with Gasteiger partial charge in [0.25, 0.3) is 0 Å². The average molecular weight is 365 g/mol. The molecule has 0 aliphatic rings. The minimum absolute atomic E-state index is 0.0604. The molecule has 9 heteroatoms. The van der Waals surface area contributed by atoms with E-state index in [1.54, 1.807) is 7.05 Å². The second kappa shape index (κ2) is 5.84. The zero-order valence-corrected chi connectivity index (χ0v) is 12.2. The Bertz CT molecular complexity index is 660. The first kappa shape index (κ1) is 15.5. The highest BCUT2D eigenvalue weighted by molar-refractivity contribution is 9.10. The maximum atomic E-state index is 13.2. The lowest BCUT2D eigenvalue weighted by atomic mass is 10.2. The Morgan fingerprint density at radius 3 is 2.57 bits per heavy atom. The molecule has 21 heavy (non-hydrogen) atoms. The predicted molar refractivity (Wildman–Crippen MR) is 74.0 cm³/mol. The van der Waals surface area contributed by atoms with Crippen LogP contribution in [0.2, 0.25) is 0 Å². The van der Waals surface area contributed by atoms with Gasteiger partial charge in [0.15, 0.2) is 0 Å². The van der Waals surface area contributed by atoms with E-state index >= 15 is 0 Å². The number of nitrogens with zero attached hydrogens (tertiary/aromatic N) is 2. The van der Waals surface area contributed by atoms with Gasteiger partial charge in [-0.05, 0) is 34.1 Å². The van der Waals surface area contributed by atoms with Gasteiger partial charge in [-0.25, -0.2) is 9.37 Å². The lowest BCUT2D eigenvalue weighted by Crippen LogP contribution is -2.09. The SMILES string of the molecule is CNc1ncc(Br)c(Nc2ccc(F)c(C(F)(F)F)c2)n1. The van der Waals surface area contributed by atoms with Crippen LogP contribution in [0.5, 0.6) is 0 Å². The molecule has 1 heterocycles. The molecule has 0 aliphatic carbocycles. The van der Waals surface area contributed by atoms with Crippen molar-refractivity contribution in [3.05, 3.63) is 40.2 Å². The van der Waals surface area contributed by atoms with Crippen molar-refractivity contribution >= 4 is 33.4 Å². The van der Waals surface area contributed by atoms with Crippen LogP contribution in [0, 0.1) is 5.82 Å². The number of aromatic nitrogens is 2. The Balaban J connectivity index is 2.36. The van der Waals surface area contributed by atoms with E-state index in [-0.39, 0.29) is 11.5 Å². The molecule has 0 unspecified atom stereocenters. The topological polar surface area (TPSA) is 49.8 Å². The van der Waals surface area contributed by atoms with E-state index in [2.05, 4.69) is 36.5 Å². The number of hydrogen-bond donors (Lipinski definition) is 2. The van der Waals surface area contributed by atoms with Crippen LogP contribution < -0.4 is 10.6 Å². The highest BCUT2D eigenvalue weighted by atomic mass is 79.9. The smallest absolute Gasteiger partial charge is 0.357 e. The van der Waals surface area contributed by atoms with Crippen molar-refractivity contribution in [3.63, 3.8) is 0 Å². The van der Waals surface area contributed by atoms with Crippen LogP contribution in [0.25, 0.3) is 0 Å². The van der Waals surface area contributed by atoms with Gasteiger partial charge in [0, 0.05) is 18.9 Å². The largest absolute Gasteiger partial charge is 0.419 e. The van der Waals surface area contributed by atoms with Crippen LogP contribution in [0.3, 0.4) is 0 Å². The molecule has 0 saturated heterocycles.